The summed E-state index contributed by atoms with van der Waals surface area (Å²) in [5.41, 5.74) is 1.87. The largest absolute Gasteiger partial charge is 0.469 e. The Labute approximate surface area is 124 Å². The molecule has 0 spiro atoms. The van der Waals surface area contributed by atoms with E-state index in [2.05, 4.69) is 10.1 Å². The highest BCUT2D eigenvalue weighted by Gasteiger charge is 2.22. The number of hydrogen-bond acceptors (Lipinski definition) is 5. The first-order valence-electron chi connectivity index (χ1n) is 7.35. The Hall–Kier alpha value is -1.43. The molecule has 2 atom stereocenters. The average molecular weight is 293 g/mol. The highest BCUT2D eigenvalue weighted by molar-refractivity contribution is 5.69. The molecule has 0 saturated carbocycles. The zero-order valence-electron chi connectivity index (χ0n) is 12.3. The molecule has 0 aromatic heterocycles. The maximum atomic E-state index is 11.1. The fourth-order valence-electron chi connectivity index (χ4n) is 2.71. The van der Waals surface area contributed by atoms with Crippen LogP contribution in [0.3, 0.4) is 0 Å². The van der Waals surface area contributed by atoms with E-state index in [0.717, 1.165) is 25.9 Å². The zero-order chi connectivity index (χ0) is 15.2. The van der Waals surface area contributed by atoms with Crippen LogP contribution in [0.5, 0.6) is 0 Å². The Morgan fingerprint density at radius 3 is 2.48 bits per heavy atom. The summed E-state index contributed by atoms with van der Waals surface area (Å²) in [7, 11) is 1.26. The summed E-state index contributed by atoms with van der Waals surface area (Å²) in [6.07, 6.45) is -0.207. The number of aliphatic hydroxyl groups is 2. The van der Waals surface area contributed by atoms with Crippen LogP contribution in [0.25, 0.3) is 0 Å². The third kappa shape index (κ3) is 4.27. The number of aliphatic hydroxyl groups excluding tert-OH is 2. The number of ether oxygens (including phenoxy) is 1. The number of esters is 1. The van der Waals surface area contributed by atoms with Crippen molar-refractivity contribution < 1.29 is 19.7 Å². The molecular weight excluding hydrogens is 270 g/mol. The first-order chi connectivity index (χ1) is 10.1. The molecule has 1 aliphatic heterocycles. The van der Waals surface area contributed by atoms with Crippen LogP contribution < -0.4 is 5.32 Å². The highest BCUT2D eigenvalue weighted by atomic mass is 16.5. The second-order valence-electron chi connectivity index (χ2n) is 5.48. The molecular formula is C16H23NO4. The molecule has 2 rings (SSSR count). The number of rotatable bonds is 5. The van der Waals surface area contributed by atoms with Gasteiger partial charge in [-0.3, -0.25) is 4.79 Å². The van der Waals surface area contributed by atoms with Gasteiger partial charge >= 0.3 is 5.97 Å². The zero-order valence-corrected chi connectivity index (χ0v) is 12.3. The van der Waals surface area contributed by atoms with Gasteiger partial charge in [0.15, 0.2) is 0 Å². The normalized spacial score (nSPS) is 19.0. The highest BCUT2D eigenvalue weighted by Crippen LogP contribution is 2.27. The van der Waals surface area contributed by atoms with Gasteiger partial charge in [-0.1, -0.05) is 24.3 Å². The van der Waals surface area contributed by atoms with Crippen molar-refractivity contribution in [1.29, 1.82) is 0 Å². The van der Waals surface area contributed by atoms with E-state index in [1.165, 1.54) is 12.7 Å². The predicted molar refractivity (Wildman–Crippen MR) is 78.9 cm³/mol. The number of carbonyl (C=O) groups excluding carboxylic acids is 1. The van der Waals surface area contributed by atoms with E-state index in [0.29, 0.717) is 11.5 Å². The second kappa shape index (κ2) is 7.54. The van der Waals surface area contributed by atoms with Crippen molar-refractivity contribution in [2.45, 2.75) is 37.4 Å². The summed E-state index contributed by atoms with van der Waals surface area (Å²) in [4.78, 5) is 11.1. The fourth-order valence-corrected chi connectivity index (χ4v) is 2.71. The summed E-state index contributed by atoms with van der Waals surface area (Å²) in [5.74, 6) is 0.0188. The van der Waals surface area contributed by atoms with Crippen molar-refractivity contribution in [2.24, 2.45) is 0 Å². The number of benzene rings is 1. The number of carbonyl (C=O) groups is 1. The fraction of sp³-hybridized carbons (Fsp3) is 0.562. The Morgan fingerprint density at radius 2 is 1.90 bits per heavy atom. The lowest BCUT2D eigenvalue weighted by molar-refractivity contribution is -0.144. The molecule has 1 aromatic carbocycles. The molecule has 5 heteroatoms. The smallest absolute Gasteiger partial charge is 0.308 e. The summed E-state index contributed by atoms with van der Waals surface area (Å²) in [5, 5.41) is 23.2. The van der Waals surface area contributed by atoms with Crippen molar-refractivity contribution in [3.05, 3.63) is 35.4 Å². The van der Waals surface area contributed by atoms with Crippen LogP contribution in [0.15, 0.2) is 24.3 Å². The van der Waals surface area contributed by atoms with Crippen molar-refractivity contribution in [3.8, 4) is 0 Å². The van der Waals surface area contributed by atoms with Gasteiger partial charge in [0.2, 0.25) is 0 Å². The minimum absolute atomic E-state index is 0.215. The van der Waals surface area contributed by atoms with Gasteiger partial charge in [-0.15, -0.1) is 0 Å². The van der Waals surface area contributed by atoms with E-state index >= 15 is 0 Å². The van der Waals surface area contributed by atoms with Crippen LogP contribution in [0.2, 0.25) is 0 Å². The molecule has 0 amide bonds. The molecule has 1 fully saturated rings. The third-order valence-electron chi connectivity index (χ3n) is 4.06. The number of hydrogen-bond donors (Lipinski definition) is 3. The Morgan fingerprint density at radius 1 is 1.29 bits per heavy atom. The molecule has 1 aliphatic rings. The maximum absolute atomic E-state index is 11.1. The lowest BCUT2D eigenvalue weighted by Gasteiger charge is -2.23. The van der Waals surface area contributed by atoms with Gasteiger partial charge in [-0.2, -0.15) is 0 Å². The topological polar surface area (TPSA) is 78.8 Å². The molecule has 0 radical (unpaired) electrons. The average Bonchev–Trinajstić information content (AvgIpc) is 2.55. The van der Waals surface area contributed by atoms with E-state index in [9.17, 15) is 15.0 Å². The van der Waals surface area contributed by atoms with Gasteiger partial charge in [0.05, 0.1) is 19.6 Å². The molecule has 21 heavy (non-hydrogen) atoms. The summed E-state index contributed by atoms with van der Waals surface area (Å²) in [6.45, 7) is 2.07. The molecule has 0 bridgehead atoms. The molecule has 1 saturated heterocycles. The lowest BCUT2D eigenvalue weighted by Crippen LogP contribution is -2.26. The van der Waals surface area contributed by atoms with Gasteiger partial charge < -0.3 is 20.3 Å². The SMILES string of the molecule is COC(=O)CC(O)C(O)c1ccc(C2CCNCC2)cc1. The minimum Gasteiger partial charge on any atom is -0.469 e. The first-order valence-corrected chi connectivity index (χ1v) is 7.35. The summed E-state index contributed by atoms with van der Waals surface area (Å²) < 4.78 is 4.49. The Bertz CT molecular complexity index is 454. The van der Waals surface area contributed by atoms with Gasteiger partial charge in [0, 0.05) is 0 Å². The minimum atomic E-state index is -1.15. The predicted octanol–water partition coefficient (Wildman–Crippen LogP) is 1.11. The van der Waals surface area contributed by atoms with E-state index in [1.807, 2.05) is 24.3 Å². The summed E-state index contributed by atoms with van der Waals surface area (Å²) in [6, 6.07) is 7.64. The van der Waals surface area contributed by atoms with Crippen molar-refractivity contribution in [2.75, 3.05) is 20.2 Å². The van der Waals surface area contributed by atoms with Crippen molar-refractivity contribution >= 4 is 5.97 Å². The molecule has 5 nitrogen and oxygen atoms in total. The van der Waals surface area contributed by atoms with Gasteiger partial charge in [-0.25, -0.2) is 0 Å². The quantitative estimate of drug-likeness (QED) is 0.709. The molecule has 3 N–H and O–H groups in total. The van der Waals surface area contributed by atoms with Crippen LogP contribution in [0.1, 0.15) is 42.4 Å². The van der Waals surface area contributed by atoms with Crippen LogP contribution in [-0.2, 0) is 9.53 Å². The lowest BCUT2D eigenvalue weighted by atomic mass is 9.89. The van der Waals surface area contributed by atoms with E-state index in [4.69, 9.17) is 0 Å². The molecule has 1 heterocycles. The molecule has 0 aliphatic carbocycles. The van der Waals surface area contributed by atoms with Gasteiger partial charge in [0.25, 0.3) is 0 Å². The standard InChI is InChI=1S/C16H23NO4/c1-21-15(19)10-14(18)16(20)13-4-2-11(3-5-13)12-6-8-17-9-7-12/h2-5,12,14,16-18,20H,6-10H2,1H3. The summed E-state index contributed by atoms with van der Waals surface area (Å²) >= 11 is 0. The number of methoxy groups -OCH3 is 1. The van der Waals surface area contributed by atoms with E-state index < -0.39 is 18.2 Å². The molecule has 1 aromatic rings. The van der Waals surface area contributed by atoms with Gasteiger partial charge in [-0.05, 0) is 43.0 Å². The number of piperidine rings is 1. The van der Waals surface area contributed by atoms with Crippen LogP contribution in [-0.4, -0.2) is 42.5 Å². The van der Waals surface area contributed by atoms with Crippen LogP contribution >= 0.6 is 0 Å². The van der Waals surface area contributed by atoms with Crippen molar-refractivity contribution in [1.82, 2.24) is 5.32 Å². The number of nitrogens with one attached hydrogen (secondary N) is 1. The molecule has 2 unspecified atom stereocenters. The first kappa shape index (κ1) is 15.9. The second-order valence-corrected chi connectivity index (χ2v) is 5.48. The van der Waals surface area contributed by atoms with E-state index in [1.54, 1.807) is 0 Å². The van der Waals surface area contributed by atoms with Crippen LogP contribution in [0, 0.1) is 0 Å². The van der Waals surface area contributed by atoms with Crippen LogP contribution in [0.4, 0.5) is 0 Å². The van der Waals surface area contributed by atoms with Gasteiger partial charge in [0.1, 0.15) is 6.10 Å². The van der Waals surface area contributed by atoms with E-state index in [-0.39, 0.29) is 6.42 Å². The molecule has 116 valence electrons. The maximum Gasteiger partial charge on any atom is 0.308 e. The Kier molecular flexibility index (Phi) is 5.73. The Balaban J connectivity index is 1.98. The van der Waals surface area contributed by atoms with Crippen molar-refractivity contribution in [3.63, 3.8) is 0 Å². The monoisotopic (exact) mass is 293 g/mol. The third-order valence-corrected chi connectivity index (χ3v) is 4.06.